The van der Waals surface area contributed by atoms with Gasteiger partial charge in [0.15, 0.2) is 17.5 Å². The number of para-hydroxylation sites is 1. The van der Waals surface area contributed by atoms with E-state index in [1.54, 1.807) is 0 Å². The summed E-state index contributed by atoms with van der Waals surface area (Å²) in [4.78, 5) is 20.9. The predicted molar refractivity (Wildman–Crippen MR) is 257 cm³/mol. The minimum atomic E-state index is 0.586. The molecule has 8 aromatic carbocycles. The molecule has 0 N–H and O–H groups in total. The Bertz CT molecular complexity index is 3500. The second-order valence-corrected chi connectivity index (χ2v) is 16.5. The fraction of sp³-hybridized carbons (Fsp3) is 0. The van der Waals surface area contributed by atoms with E-state index in [4.69, 9.17) is 19.9 Å². The summed E-state index contributed by atoms with van der Waals surface area (Å²) in [6.07, 6.45) is 0. The van der Waals surface area contributed by atoms with Crippen LogP contribution in [0.2, 0.25) is 0 Å². The summed E-state index contributed by atoms with van der Waals surface area (Å²) in [5.41, 5.74) is 11.9. The summed E-state index contributed by atoms with van der Waals surface area (Å²) in [7, 11) is 0. The van der Waals surface area contributed by atoms with Crippen LogP contribution in [0.1, 0.15) is 0 Å². The van der Waals surface area contributed by atoms with E-state index in [9.17, 15) is 0 Å². The van der Waals surface area contributed by atoms with Crippen molar-refractivity contribution in [3.63, 3.8) is 0 Å². The van der Waals surface area contributed by atoms with Gasteiger partial charge in [0.05, 0.1) is 28.1 Å². The molecule has 5 nitrogen and oxygen atoms in total. The van der Waals surface area contributed by atoms with Crippen molar-refractivity contribution in [2.45, 2.75) is 0 Å². The summed E-state index contributed by atoms with van der Waals surface area (Å²) in [5.74, 6) is 1.81. The zero-order chi connectivity index (χ0) is 41.0. The summed E-state index contributed by atoms with van der Waals surface area (Å²) >= 11 is 1.85. The Balaban J connectivity index is 1.17. The van der Waals surface area contributed by atoms with Crippen molar-refractivity contribution in [1.82, 2.24) is 24.5 Å². The Kier molecular flexibility index (Phi) is 8.61. The molecule has 0 unspecified atom stereocenters. The molecule has 0 spiro atoms. The van der Waals surface area contributed by atoms with E-state index in [1.807, 2.05) is 59.9 Å². The smallest absolute Gasteiger partial charge is 0.166 e. The number of benzene rings is 8. The van der Waals surface area contributed by atoms with Gasteiger partial charge in [0.25, 0.3) is 0 Å². The first-order chi connectivity index (χ1) is 30.7. The van der Waals surface area contributed by atoms with Gasteiger partial charge in [0, 0.05) is 58.8 Å². The van der Waals surface area contributed by atoms with Gasteiger partial charge in [-0.15, -0.1) is 11.3 Å². The van der Waals surface area contributed by atoms with E-state index in [1.165, 1.54) is 30.9 Å². The van der Waals surface area contributed by atoms with Crippen molar-refractivity contribution in [1.29, 1.82) is 0 Å². The van der Waals surface area contributed by atoms with Gasteiger partial charge in [-0.25, -0.2) is 19.9 Å². The number of thiophene rings is 1. The predicted octanol–water partition coefficient (Wildman–Crippen LogP) is 14.7. The molecule has 0 aliphatic carbocycles. The van der Waals surface area contributed by atoms with Gasteiger partial charge in [0.2, 0.25) is 0 Å². The minimum absolute atomic E-state index is 0.586. The molecular formula is C56H35N5S. The third-order valence-corrected chi connectivity index (χ3v) is 12.8. The molecule has 4 heterocycles. The molecule has 12 aromatic rings. The molecule has 0 amide bonds. The largest absolute Gasteiger partial charge is 0.308 e. The lowest BCUT2D eigenvalue weighted by atomic mass is 9.97. The number of rotatable bonds is 7. The average Bonchev–Trinajstić information content (AvgIpc) is 3.90. The Labute approximate surface area is 361 Å². The van der Waals surface area contributed by atoms with Crippen LogP contribution >= 0.6 is 11.3 Å². The Morgan fingerprint density at radius 1 is 0.323 bits per heavy atom. The molecule has 6 heteroatoms. The number of nitrogens with zero attached hydrogens (tertiary/aromatic N) is 5. The molecule has 0 aliphatic rings. The molecule has 0 aliphatic heterocycles. The summed E-state index contributed by atoms with van der Waals surface area (Å²) < 4.78 is 4.96. The van der Waals surface area contributed by atoms with Crippen molar-refractivity contribution in [3.8, 4) is 73.5 Å². The van der Waals surface area contributed by atoms with Crippen LogP contribution in [0.4, 0.5) is 0 Å². The topological polar surface area (TPSA) is 56.5 Å². The van der Waals surface area contributed by atoms with Gasteiger partial charge in [-0.3, -0.25) is 0 Å². The number of hydrogen-bond acceptors (Lipinski definition) is 5. The maximum absolute atomic E-state index is 5.33. The van der Waals surface area contributed by atoms with Crippen LogP contribution in [-0.4, -0.2) is 24.5 Å². The lowest BCUT2D eigenvalue weighted by molar-refractivity contribution is 1.06. The van der Waals surface area contributed by atoms with Crippen molar-refractivity contribution in [2.24, 2.45) is 0 Å². The van der Waals surface area contributed by atoms with Crippen LogP contribution in [0.15, 0.2) is 212 Å². The van der Waals surface area contributed by atoms with Gasteiger partial charge in [-0.05, 0) is 59.7 Å². The zero-order valence-electron chi connectivity index (χ0n) is 33.4. The summed E-state index contributed by atoms with van der Waals surface area (Å²) in [6.45, 7) is 0. The van der Waals surface area contributed by atoms with Crippen LogP contribution in [0.25, 0.3) is 115 Å². The number of hydrogen-bond donors (Lipinski definition) is 0. The maximum atomic E-state index is 5.33. The first-order valence-corrected chi connectivity index (χ1v) is 21.5. The SMILES string of the molecule is c1ccc(-c2cc(-c3ccc(-n4c5ccccc5c5c6c(ccc54)sc4ccccc46)c(-c4nc(-c5ccccc5)nc(-c5ccccc5)n4)c3)cc(-c3ccccc3)n2)cc1. The van der Waals surface area contributed by atoms with E-state index in [-0.39, 0.29) is 0 Å². The van der Waals surface area contributed by atoms with E-state index in [0.717, 1.165) is 67.1 Å². The Morgan fingerprint density at radius 2 is 0.855 bits per heavy atom. The standard InChI is InChI=1S/C56H35N5S/c1-5-17-36(18-6-1)45-34-41(35-46(57-45)37-19-7-2-8-20-37)40-29-30-48(44(33-40)56-59-54(38-21-9-3-10-22-38)58-55(60-56)39-23-11-4-12-24-39)61-47-27-15-13-25-42(47)52-49(61)31-32-51-53(52)43-26-14-16-28-50(43)62-51/h1-35H. The average molecular weight is 810 g/mol. The molecule has 4 aromatic heterocycles. The monoisotopic (exact) mass is 809 g/mol. The zero-order valence-corrected chi connectivity index (χ0v) is 34.2. The lowest BCUT2D eigenvalue weighted by Gasteiger charge is -2.17. The molecule has 0 saturated carbocycles. The third kappa shape index (κ3) is 6.16. The molecule has 0 fully saturated rings. The third-order valence-electron chi connectivity index (χ3n) is 11.7. The van der Waals surface area contributed by atoms with E-state index in [0.29, 0.717) is 17.5 Å². The lowest BCUT2D eigenvalue weighted by Crippen LogP contribution is -2.04. The van der Waals surface area contributed by atoms with Crippen molar-refractivity contribution in [2.75, 3.05) is 0 Å². The fourth-order valence-electron chi connectivity index (χ4n) is 8.76. The molecule has 62 heavy (non-hydrogen) atoms. The van der Waals surface area contributed by atoms with E-state index >= 15 is 0 Å². The van der Waals surface area contributed by atoms with Crippen molar-refractivity contribution >= 4 is 53.3 Å². The highest BCUT2D eigenvalue weighted by Gasteiger charge is 2.23. The highest BCUT2D eigenvalue weighted by molar-refractivity contribution is 7.26. The Morgan fingerprint density at radius 3 is 1.48 bits per heavy atom. The summed E-state index contributed by atoms with van der Waals surface area (Å²) in [6, 6.07) is 74.3. The first-order valence-electron chi connectivity index (χ1n) is 20.7. The highest BCUT2D eigenvalue weighted by Crippen LogP contribution is 2.45. The normalized spacial score (nSPS) is 11.5. The van der Waals surface area contributed by atoms with Crippen molar-refractivity contribution in [3.05, 3.63) is 212 Å². The van der Waals surface area contributed by atoms with Gasteiger partial charge in [0.1, 0.15) is 0 Å². The second kappa shape index (κ2) is 14.9. The van der Waals surface area contributed by atoms with Crippen LogP contribution in [0.5, 0.6) is 0 Å². The van der Waals surface area contributed by atoms with Crippen LogP contribution in [0, 0.1) is 0 Å². The maximum Gasteiger partial charge on any atom is 0.166 e. The molecule has 0 atom stereocenters. The van der Waals surface area contributed by atoms with Crippen LogP contribution in [0.3, 0.4) is 0 Å². The van der Waals surface area contributed by atoms with E-state index in [2.05, 4.69) is 168 Å². The first kappa shape index (κ1) is 35.8. The molecule has 12 rings (SSSR count). The second-order valence-electron chi connectivity index (χ2n) is 15.4. The molecule has 290 valence electrons. The fourth-order valence-corrected chi connectivity index (χ4v) is 9.88. The van der Waals surface area contributed by atoms with Gasteiger partial charge in [-0.2, -0.15) is 0 Å². The van der Waals surface area contributed by atoms with Gasteiger partial charge < -0.3 is 4.57 Å². The van der Waals surface area contributed by atoms with Crippen LogP contribution < -0.4 is 0 Å². The van der Waals surface area contributed by atoms with Crippen LogP contribution in [-0.2, 0) is 0 Å². The molecule has 0 bridgehead atoms. The quantitative estimate of drug-likeness (QED) is 0.161. The molecule has 0 radical (unpaired) electrons. The highest BCUT2D eigenvalue weighted by atomic mass is 32.1. The minimum Gasteiger partial charge on any atom is -0.308 e. The van der Waals surface area contributed by atoms with Crippen molar-refractivity contribution < 1.29 is 0 Å². The van der Waals surface area contributed by atoms with E-state index < -0.39 is 0 Å². The number of aromatic nitrogens is 5. The van der Waals surface area contributed by atoms with Gasteiger partial charge >= 0.3 is 0 Å². The Hall–Kier alpha value is -8.06. The van der Waals surface area contributed by atoms with Gasteiger partial charge in [-0.1, -0.05) is 164 Å². The number of fused-ring (bicyclic) bond motifs is 7. The molecule has 0 saturated heterocycles. The number of pyridine rings is 1. The molecular weight excluding hydrogens is 775 g/mol. The summed E-state index contributed by atoms with van der Waals surface area (Å²) in [5, 5.41) is 5.00.